The molecule has 2 atom stereocenters. The standard InChI is InChI=1S/C29H33N9O3/c1-19-27-33-26(20-8-4-3-5-9-20)34-38(27)15-14-36(29(41)21-16-24-22(30-17-21)18-31-35(24)2)12-7-11-25(39)37-13-6-10-23(37)28(40)32-19/h3-5,8-9,16-19,23H,6-7,10-15H2,1-2H3,(H,32,40)/t19-,23-/m0/s1. The van der Waals surface area contributed by atoms with Crippen LogP contribution < -0.4 is 5.32 Å². The second-order valence-electron chi connectivity index (χ2n) is 10.7. The smallest absolute Gasteiger partial charge is 0.255 e. The molecule has 1 aromatic carbocycles. The Morgan fingerprint density at radius 3 is 2.68 bits per heavy atom. The van der Waals surface area contributed by atoms with Gasteiger partial charge in [0.05, 0.1) is 29.9 Å². The topological polar surface area (TPSA) is 131 Å². The first-order chi connectivity index (χ1) is 19.9. The highest BCUT2D eigenvalue weighted by Crippen LogP contribution is 2.23. The minimum atomic E-state index is -0.507. The molecule has 41 heavy (non-hydrogen) atoms. The normalized spacial score (nSPS) is 20.4. The number of benzene rings is 1. The predicted octanol–water partition coefficient (Wildman–Crippen LogP) is 2.33. The molecule has 0 spiro atoms. The Hall–Kier alpha value is -4.61. The second-order valence-corrected chi connectivity index (χ2v) is 10.7. The molecule has 4 aromatic rings. The summed E-state index contributed by atoms with van der Waals surface area (Å²) in [5, 5.41) is 12.1. The van der Waals surface area contributed by atoms with E-state index in [0.29, 0.717) is 61.7 Å². The lowest BCUT2D eigenvalue weighted by atomic mass is 10.1. The summed E-state index contributed by atoms with van der Waals surface area (Å²) in [6.45, 7) is 3.51. The maximum atomic E-state index is 13.8. The molecule has 0 unspecified atom stereocenters. The molecule has 12 nitrogen and oxygen atoms in total. The van der Waals surface area contributed by atoms with Crippen molar-refractivity contribution in [3.63, 3.8) is 0 Å². The van der Waals surface area contributed by atoms with Crippen LogP contribution in [0.1, 0.15) is 54.8 Å². The molecule has 3 amide bonds. The predicted molar refractivity (Wildman–Crippen MR) is 150 cm³/mol. The van der Waals surface area contributed by atoms with Gasteiger partial charge in [-0.25, -0.2) is 9.67 Å². The minimum absolute atomic E-state index is 0.0627. The lowest BCUT2D eigenvalue weighted by molar-refractivity contribution is -0.138. The number of aromatic nitrogens is 6. The summed E-state index contributed by atoms with van der Waals surface area (Å²) < 4.78 is 3.47. The summed E-state index contributed by atoms with van der Waals surface area (Å²) >= 11 is 0. The van der Waals surface area contributed by atoms with E-state index in [1.165, 1.54) is 0 Å². The van der Waals surface area contributed by atoms with Gasteiger partial charge in [0.1, 0.15) is 17.4 Å². The van der Waals surface area contributed by atoms with Crippen molar-refractivity contribution in [2.75, 3.05) is 19.6 Å². The first-order valence-electron chi connectivity index (χ1n) is 14.1. The molecule has 3 aromatic heterocycles. The number of hydrogen-bond acceptors (Lipinski definition) is 7. The number of fused-ring (bicyclic) bond motifs is 3. The highest BCUT2D eigenvalue weighted by Gasteiger charge is 2.35. The van der Waals surface area contributed by atoms with Crippen molar-refractivity contribution in [2.24, 2.45) is 7.05 Å². The SMILES string of the molecule is C[C@@H]1NC(=O)[C@@H]2CCCN2C(=O)CCCN(C(=O)c2cnc3cnn(C)c3c2)CCn2nc(-c3ccccc3)nc21. The van der Waals surface area contributed by atoms with Crippen LogP contribution in [-0.4, -0.2) is 82.7 Å². The van der Waals surface area contributed by atoms with E-state index >= 15 is 0 Å². The number of hydrogen-bond donors (Lipinski definition) is 1. The number of amides is 3. The molecule has 0 aliphatic carbocycles. The maximum absolute atomic E-state index is 13.8. The fraction of sp³-hybridized carbons (Fsp3) is 0.414. The van der Waals surface area contributed by atoms with E-state index in [9.17, 15) is 14.4 Å². The summed E-state index contributed by atoms with van der Waals surface area (Å²) in [5.41, 5.74) is 2.80. The molecule has 5 heterocycles. The van der Waals surface area contributed by atoms with E-state index in [-0.39, 0.29) is 24.1 Å². The molecule has 212 valence electrons. The van der Waals surface area contributed by atoms with Crippen LogP contribution in [0, 0.1) is 0 Å². The molecule has 0 bridgehead atoms. The van der Waals surface area contributed by atoms with Crippen molar-refractivity contribution < 1.29 is 14.4 Å². The van der Waals surface area contributed by atoms with Gasteiger partial charge in [-0.2, -0.15) is 10.2 Å². The Labute approximate surface area is 237 Å². The third-order valence-corrected chi connectivity index (χ3v) is 7.89. The monoisotopic (exact) mass is 555 g/mol. The van der Waals surface area contributed by atoms with Gasteiger partial charge in [-0.1, -0.05) is 30.3 Å². The highest BCUT2D eigenvalue weighted by atomic mass is 16.2. The van der Waals surface area contributed by atoms with Gasteiger partial charge in [0.15, 0.2) is 5.82 Å². The fourth-order valence-electron chi connectivity index (χ4n) is 5.68. The summed E-state index contributed by atoms with van der Waals surface area (Å²) in [5.74, 6) is 0.728. The number of aryl methyl sites for hydroxylation is 1. The second kappa shape index (κ2) is 11.1. The first kappa shape index (κ1) is 26.6. The van der Waals surface area contributed by atoms with Gasteiger partial charge in [0.2, 0.25) is 11.8 Å². The third-order valence-electron chi connectivity index (χ3n) is 7.89. The average Bonchev–Trinajstić information content (AvgIpc) is 3.73. The van der Waals surface area contributed by atoms with Gasteiger partial charge >= 0.3 is 0 Å². The number of carbonyl (C=O) groups excluding carboxylic acids is 3. The van der Waals surface area contributed by atoms with Crippen LogP contribution in [0.4, 0.5) is 0 Å². The molecule has 1 N–H and O–H groups in total. The van der Waals surface area contributed by atoms with E-state index in [4.69, 9.17) is 10.1 Å². The van der Waals surface area contributed by atoms with Crippen LogP contribution >= 0.6 is 0 Å². The molecule has 1 fully saturated rings. The van der Waals surface area contributed by atoms with Crippen LogP contribution in [0.2, 0.25) is 0 Å². The van der Waals surface area contributed by atoms with Crippen molar-refractivity contribution >= 4 is 28.8 Å². The first-order valence-corrected chi connectivity index (χ1v) is 14.1. The van der Waals surface area contributed by atoms with E-state index < -0.39 is 12.1 Å². The molecule has 0 saturated carbocycles. The molecule has 12 heteroatoms. The molecule has 1 saturated heterocycles. The molecular weight excluding hydrogens is 522 g/mol. The Bertz CT molecular complexity index is 1600. The van der Waals surface area contributed by atoms with Crippen molar-refractivity contribution in [3.8, 4) is 11.4 Å². The van der Waals surface area contributed by atoms with Gasteiger partial charge < -0.3 is 15.1 Å². The van der Waals surface area contributed by atoms with E-state index in [1.807, 2.05) is 44.3 Å². The lowest BCUT2D eigenvalue weighted by Gasteiger charge is -2.28. The van der Waals surface area contributed by atoms with Crippen LogP contribution in [0.3, 0.4) is 0 Å². The Kier molecular flexibility index (Phi) is 7.21. The Morgan fingerprint density at radius 1 is 1.02 bits per heavy atom. The average molecular weight is 556 g/mol. The number of rotatable bonds is 2. The van der Waals surface area contributed by atoms with Crippen molar-refractivity contribution in [1.82, 2.24) is 44.6 Å². The number of nitrogens with zero attached hydrogens (tertiary/aromatic N) is 8. The third kappa shape index (κ3) is 5.29. The van der Waals surface area contributed by atoms with Gasteiger partial charge in [-0.05, 0) is 32.3 Å². The van der Waals surface area contributed by atoms with Crippen LogP contribution in [0.15, 0.2) is 48.8 Å². The molecular formula is C29H33N9O3. The highest BCUT2D eigenvalue weighted by molar-refractivity contribution is 5.96. The van der Waals surface area contributed by atoms with Gasteiger partial charge in [-0.3, -0.25) is 24.0 Å². The van der Waals surface area contributed by atoms with Gasteiger partial charge in [0.25, 0.3) is 5.91 Å². The summed E-state index contributed by atoms with van der Waals surface area (Å²) in [6.07, 6.45) is 5.38. The minimum Gasteiger partial charge on any atom is -0.345 e. The zero-order valence-electron chi connectivity index (χ0n) is 23.2. The summed E-state index contributed by atoms with van der Waals surface area (Å²) in [7, 11) is 1.81. The Balaban J connectivity index is 1.34. The summed E-state index contributed by atoms with van der Waals surface area (Å²) in [4.78, 5) is 52.9. The number of nitrogens with one attached hydrogen (secondary N) is 1. The molecule has 6 rings (SSSR count). The van der Waals surface area contributed by atoms with Crippen molar-refractivity contribution in [3.05, 3.63) is 60.2 Å². The van der Waals surface area contributed by atoms with Crippen LogP contribution in [0.5, 0.6) is 0 Å². The van der Waals surface area contributed by atoms with E-state index in [1.54, 1.807) is 37.6 Å². The largest absolute Gasteiger partial charge is 0.345 e. The van der Waals surface area contributed by atoms with E-state index in [2.05, 4.69) is 15.4 Å². The van der Waals surface area contributed by atoms with Crippen molar-refractivity contribution in [2.45, 2.75) is 51.2 Å². The quantitative estimate of drug-likeness (QED) is 0.402. The van der Waals surface area contributed by atoms with Crippen molar-refractivity contribution in [1.29, 1.82) is 0 Å². The van der Waals surface area contributed by atoms with E-state index in [0.717, 1.165) is 17.5 Å². The summed E-state index contributed by atoms with van der Waals surface area (Å²) in [6, 6.07) is 10.5. The fourth-order valence-corrected chi connectivity index (χ4v) is 5.68. The van der Waals surface area contributed by atoms with Gasteiger partial charge in [0, 0.05) is 44.9 Å². The molecule has 2 aliphatic rings. The molecule has 2 aliphatic heterocycles. The zero-order valence-corrected chi connectivity index (χ0v) is 23.2. The molecule has 0 radical (unpaired) electrons. The van der Waals surface area contributed by atoms with Gasteiger partial charge in [-0.15, -0.1) is 0 Å². The number of pyridine rings is 1. The lowest BCUT2D eigenvalue weighted by Crippen LogP contribution is -2.47. The Morgan fingerprint density at radius 2 is 1.85 bits per heavy atom. The van der Waals surface area contributed by atoms with Crippen LogP contribution in [0.25, 0.3) is 22.4 Å². The van der Waals surface area contributed by atoms with Crippen LogP contribution in [-0.2, 0) is 23.2 Å². The number of carbonyl (C=O) groups is 3. The maximum Gasteiger partial charge on any atom is 0.255 e. The zero-order chi connectivity index (χ0) is 28.5.